The van der Waals surface area contributed by atoms with Crippen LogP contribution in [0.4, 0.5) is 0 Å². The molecule has 0 amide bonds. The first-order valence-electron chi connectivity index (χ1n) is 7.16. The minimum absolute atomic E-state index is 0.403. The first kappa shape index (κ1) is 13.6. The van der Waals surface area contributed by atoms with Gasteiger partial charge in [0.15, 0.2) is 0 Å². The van der Waals surface area contributed by atoms with Crippen molar-refractivity contribution in [1.82, 2.24) is 10.3 Å². The fourth-order valence-electron chi connectivity index (χ4n) is 3.17. The third-order valence-corrected chi connectivity index (χ3v) is 4.28. The lowest BCUT2D eigenvalue weighted by atomic mass is 9.80. The number of halogens is 1. The monoisotopic (exact) mass is 286 g/mol. The first-order chi connectivity index (χ1) is 9.79. The predicted molar refractivity (Wildman–Crippen MR) is 83.2 cm³/mol. The van der Waals surface area contributed by atoms with E-state index in [1.807, 2.05) is 25.4 Å². The van der Waals surface area contributed by atoms with E-state index in [-0.39, 0.29) is 0 Å². The Hall–Kier alpha value is -1.38. The Bertz CT molecular complexity index is 610. The minimum Gasteiger partial charge on any atom is -0.316 e. The van der Waals surface area contributed by atoms with Crippen LogP contribution < -0.4 is 5.32 Å². The van der Waals surface area contributed by atoms with Gasteiger partial charge in [0.25, 0.3) is 0 Å². The zero-order valence-corrected chi connectivity index (χ0v) is 12.5. The van der Waals surface area contributed by atoms with E-state index in [0.717, 1.165) is 18.0 Å². The zero-order valence-electron chi connectivity index (χ0n) is 11.7. The normalized spacial score (nSPS) is 17.8. The van der Waals surface area contributed by atoms with Crippen LogP contribution >= 0.6 is 11.6 Å². The van der Waals surface area contributed by atoms with Gasteiger partial charge in [-0.05, 0) is 61.2 Å². The maximum absolute atomic E-state index is 6.15. The molecule has 0 spiro atoms. The number of fused-ring (bicyclic) bond motifs is 1. The highest BCUT2D eigenvalue weighted by atomic mass is 35.5. The van der Waals surface area contributed by atoms with Crippen LogP contribution in [0.5, 0.6) is 0 Å². The van der Waals surface area contributed by atoms with E-state index < -0.39 is 0 Å². The Kier molecular flexibility index (Phi) is 4.04. The quantitative estimate of drug-likeness (QED) is 0.925. The molecule has 0 radical (unpaired) electrons. The van der Waals surface area contributed by atoms with Crippen LogP contribution in [0.25, 0.3) is 0 Å². The van der Waals surface area contributed by atoms with Crippen LogP contribution in [0.2, 0.25) is 5.02 Å². The van der Waals surface area contributed by atoms with Crippen molar-refractivity contribution in [2.24, 2.45) is 0 Å². The molecule has 1 aliphatic rings. The van der Waals surface area contributed by atoms with E-state index >= 15 is 0 Å². The number of pyridine rings is 1. The fraction of sp³-hybridized carbons (Fsp3) is 0.353. The standard InChI is InChI=1S/C17H19ClN2/c1-19-11-13-10-14(18)7-8-15(13)16-6-2-4-12-5-3-9-20-17(12)16/h3,5,7-10,16,19H,2,4,6,11H2,1H3. The largest absolute Gasteiger partial charge is 0.316 e. The Morgan fingerprint density at radius 1 is 1.35 bits per heavy atom. The van der Waals surface area contributed by atoms with Gasteiger partial charge in [-0.15, -0.1) is 0 Å². The van der Waals surface area contributed by atoms with Crippen LogP contribution in [-0.2, 0) is 13.0 Å². The van der Waals surface area contributed by atoms with Crippen LogP contribution in [0, 0.1) is 0 Å². The SMILES string of the molecule is CNCc1cc(Cl)ccc1C1CCCc2cccnc21. The van der Waals surface area contributed by atoms with Crippen LogP contribution in [0.15, 0.2) is 36.5 Å². The van der Waals surface area contributed by atoms with E-state index in [1.54, 1.807) is 0 Å². The van der Waals surface area contributed by atoms with E-state index in [9.17, 15) is 0 Å². The molecule has 104 valence electrons. The molecule has 2 aromatic rings. The molecule has 0 saturated carbocycles. The molecule has 1 aromatic carbocycles. The summed E-state index contributed by atoms with van der Waals surface area (Å²) in [4.78, 5) is 4.65. The zero-order chi connectivity index (χ0) is 13.9. The second-order valence-electron chi connectivity index (χ2n) is 5.37. The maximum Gasteiger partial charge on any atom is 0.0510 e. The Balaban J connectivity index is 2.06. The molecule has 1 aromatic heterocycles. The number of rotatable bonds is 3. The Morgan fingerprint density at radius 3 is 3.10 bits per heavy atom. The van der Waals surface area contributed by atoms with Gasteiger partial charge in [0, 0.05) is 23.7 Å². The number of hydrogen-bond donors (Lipinski definition) is 1. The maximum atomic E-state index is 6.15. The van der Waals surface area contributed by atoms with E-state index in [0.29, 0.717) is 5.92 Å². The second kappa shape index (κ2) is 5.94. The van der Waals surface area contributed by atoms with Crippen molar-refractivity contribution in [3.8, 4) is 0 Å². The van der Waals surface area contributed by atoms with Crippen LogP contribution in [-0.4, -0.2) is 12.0 Å². The molecule has 0 aliphatic heterocycles. The van der Waals surface area contributed by atoms with Crippen molar-refractivity contribution in [3.05, 3.63) is 63.9 Å². The molecule has 1 heterocycles. The number of aryl methyl sites for hydroxylation is 1. The Morgan fingerprint density at radius 2 is 2.25 bits per heavy atom. The number of hydrogen-bond acceptors (Lipinski definition) is 2. The summed E-state index contributed by atoms with van der Waals surface area (Å²) in [5.74, 6) is 0.403. The number of aromatic nitrogens is 1. The smallest absolute Gasteiger partial charge is 0.0510 e. The predicted octanol–water partition coefficient (Wildman–Crippen LogP) is 3.92. The number of nitrogens with one attached hydrogen (secondary N) is 1. The second-order valence-corrected chi connectivity index (χ2v) is 5.80. The third kappa shape index (κ3) is 2.58. The molecule has 20 heavy (non-hydrogen) atoms. The molecule has 0 fully saturated rings. The summed E-state index contributed by atoms with van der Waals surface area (Å²) in [7, 11) is 1.97. The van der Waals surface area contributed by atoms with E-state index in [4.69, 9.17) is 11.6 Å². The molecule has 1 aliphatic carbocycles. The summed E-state index contributed by atoms with van der Waals surface area (Å²) in [5, 5.41) is 4.04. The summed E-state index contributed by atoms with van der Waals surface area (Å²) in [6, 6.07) is 10.5. The molecule has 3 rings (SSSR count). The lowest BCUT2D eigenvalue weighted by Crippen LogP contribution is -2.16. The van der Waals surface area contributed by atoms with Crippen molar-refractivity contribution >= 4 is 11.6 Å². The highest BCUT2D eigenvalue weighted by Crippen LogP contribution is 2.37. The van der Waals surface area contributed by atoms with Gasteiger partial charge in [0.05, 0.1) is 5.69 Å². The summed E-state index contributed by atoms with van der Waals surface area (Å²) in [6.07, 6.45) is 5.45. The van der Waals surface area contributed by atoms with Gasteiger partial charge in [-0.2, -0.15) is 0 Å². The molecule has 1 N–H and O–H groups in total. The average molecular weight is 287 g/mol. The van der Waals surface area contributed by atoms with Crippen LogP contribution in [0.1, 0.15) is 41.1 Å². The molecule has 3 heteroatoms. The molecule has 2 nitrogen and oxygen atoms in total. The molecule has 1 unspecified atom stereocenters. The number of benzene rings is 1. The minimum atomic E-state index is 0.403. The highest BCUT2D eigenvalue weighted by molar-refractivity contribution is 6.30. The highest BCUT2D eigenvalue weighted by Gasteiger charge is 2.24. The molecule has 0 saturated heterocycles. The molecular formula is C17H19ClN2. The lowest BCUT2D eigenvalue weighted by molar-refractivity contribution is 0.592. The van der Waals surface area contributed by atoms with Gasteiger partial charge in [-0.1, -0.05) is 23.7 Å². The van der Waals surface area contributed by atoms with Crippen molar-refractivity contribution < 1.29 is 0 Å². The summed E-state index contributed by atoms with van der Waals surface area (Å²) in [6.45, 7) is 0.842. The van der Waals surface area contributed by atoms with Crippen LogP contribution in [0.3, 0.4) is 0 Å². The van der Waals surface area contributed by atoms with E-state index in [2.05, 4.69) is 28.5 Å². The summed E-state index contributed by atoms with van der Waals surface area (Å²) in [5.41, 5.74) is 5.29. The molecular weight excluding hydrogens is 268 g/mol. The number of nitrogens with zero attached hydrogens (tertiary/aromatic N) is 1. The summed E-state index contributed by atoms with van der Waals surface area (Å²) >= 11 is 6.15. The lowest BCUT2D eigenvalue weighted by Gasteiger charge is -2.26. The third-order valence-electron chi connectivity index (χ3n) is 4.04. The molecule has 0 bridgehead atoms. The van der Waals surface area contributed by atoms with Gasteiger partial charge >= 0.3 is 0 Å². The summed E-state index contributed by atoms with van der Waals surface area (Å²) < 4.78 is 0. The average Bonchev–Trinajstić information content (AvgIpc) is 2.47. The van der Waals surface area contributed by atoms with Gasteiger partial charge in [-0.25, -0.2) is 0 Å². The van der Waals surface area contributed by atoms with E-state index in [1.165, 1.54) is 35.2 Å². The van der Waals surface area contributed by atoms with Crippen molar-refractivity contribution in [3.63, 3.8) is 0 Å². The van der Waals surface area contributed by atoms with Gasteiger partial charge < -0.3 is 5.32 Å². The van der Waals surface area contributed by atoms with Crippen molar-refractivity contribution in [2.75, 3.05) is 7.05 Å². The van der Waals surface area contributed by atoms with Gasteiger partial charge in [-0.3, -0.25) is 4.98 Å². The topological polar surface area (TPSA) is 24.9 Å². The van der Waals surface area contributed by atoms with Gasteiger partial charge in [0.2, 0.25) is 0 Å². The first-order valence-corrected chi connectivity index (χ1v) is 7.54. The van der Waals surface area contributed by atoms with Crippen molar-refractivity contribution in [1.29, 1.82) is 0 Å². The van der Waals surface area contributed by atoms with Crippen molar-refractivity contribution in [2.45, 2.75) is 31.7 Å². The fourth-order valence-corrected chi connectivity index (χ4v) is 3.36. The molecule has 1 atom stereocenters. The Labute approximate surface area is 125 Å². The van der Waals surface area contributed by atoms with Gasteiger partial charge in [0.1, 0.15) is 0 Å².